The van der Waals surface area contributed by atoms with Gasteiger partial charge in [-0.2, -0.15) is 0 Å². The number of H-pyrrole nitrogens is 1. The third kappa shape index (κ3) is 4.19. The molecule has 0 aliphatic heterocycles. The summed E-state index contributed by atoms with van der Waals surface area (Å²) >= 11 is 0. The summed E-state index contributed by atoms with van der Waals surface area (Å²) in [6.45, 7) is 1.72. The van der Waals surface area contributed by atoms with Crippen molar-refractivity contribution in [3.8, 4) is 17.0 Å². The van der Waals surface area contributed by atoms with Crippen LogP contribution in [0.3, 0.4) is 0 Å². The minimum atomic E-state index is -1.01. The summed E-state index contributed by atoms with van der Waals surface area (Å²) in [6, 6.07) is 19.5. The van der Waals surface area contributed by atoms with Gasteiger partial charge in [-0.3, -0.25) is 0 Å². The number of aliphatic carboxylic acids is 1. The van der Waals surface area contributed by atoms with Crippen molar-refractivity contribution >= 4 is 22.8 Å². The molecule has 4 aromatic rings. The van der Waals surface area contributed by atoms with Gasteiger partial charge in [-0.1, -0.05) is 30.3 Å². The number of ether oxygens (including phenoxy) is 1. The van der Waals surface area contributed by atoms with Crippen LogP contribution in [0.2, 0.25) is 0 Å². The van der Waals surface area contributed by atoms with Gasteiger partial charge in [0.05, 0.1) is 5.39 Å². The lowest BCUT2D eigenvalue weighted by Gasteiger charge is -2.15. The molecule has 7 nitrogen and oxygen atoms in total. The van der Waals surface area contributed by atoms with Crippen molar-refractivity contribution in [2.24, 2.45) is 0 Å². The summed E-state index contributed by atoms with van der Waals surface area (Å²) in [5, 5.41) is 13.1. The van der Waals surface area contributed by atoms with E-state index in [0.29, 0.717) is 5.75 Å². The number of nitrogens with zero attached hydrogens (tertiary/aromatic N) is 2. The smallest absolute Gasteiger partial charge is 0.341 e. The number of rotatable bonds is 7. The van der Waals surface area contributed by atoms with Crippen LogP contribution in [-0.4, -0.2) is 32.6 Å². The maximum absolute atomic E-state index is 10.6. The van der Waals surface area contributed by atoms with E-state index < -0.39 is 5.97 Å². The standard InChI is InChI=1S/C22H20N4O3/c1-14(15-5-3-2-4-6-15)25-21-18-11-19(26-22(18)24-13-23-21)16-7-9-17(10-8-16)29-12-20(27)28/h2-11,13-14H,12H2,1H3,(H,27,28)(H2,23,24,25,26). The monoisotopic (exact) mass is 388 g/mol. The molecule has 146 valence electrons. The molecule has 29 heavy (non-hydrogen) atoms. The Bertz CT molecular complexity index is 1120. The molecule has 4 rings (SSSR count). The molecule has 0 aliphatic rings. The lowest BCUT2D eigenvalue weighted by Crippen LogP contribution is -2.09. The van der Waals surface area contributed by atoms with Crippen LogP contribution in [0, 0.1) is 0 Å². The zero-order valence-electron chi connectivity index (χ0n) is 15.8. The topological polar surface area (TPSA) is 100 Å². The molecule has 2 heterocycles. The van der Waals surface area contributed by atoms with E-state index >= 15 is 0 Å². The predicted molar refractivity (Wildman–Crippen MR) is 111 cm³/mol. The van der Waals surface area contributed by atoms with E-state index in [2.05, 4.69) is 39.3 Å². The Hall–Kier alpha value is -3.87. The van der Waals surface area contributed by atoms with Crippen molar-refractivity contribution in [2.45, 2.75) is 13.0 Å². The maximum Gasteiger partial charge on any atom is 0.341 e. The van der Waals surface area contributed by atoms with Crippen LogP contribution in [0.5, 0.6) is 5.75 Å². The van der Waals surface area contributed by atoms with Crippen LogP contribution in [0.4, 0.5) is 5.82 Å². The normalized spacial score (nSPS) is 11.9. The number of carbonyl (C=O) groups is 1. The summed E-state index contributed by atoms with van der Waals surface area (Å²) in [7, 11) is 0. The van der Waals surface area contributed by atoms with Crippen LogP contribution in [0.1, 0.15) is 18.5 Å². The summed E-state index contributed by atoms with van der Waals surface area (Å²) in [5.74, 6) is 0.259. The number of aromatic nitrogens is 3. The Morgan fingerprint density at radius 2 is 1.90 bits per heavy atom. The third-order valence-electron chi connectivity index (χ3n) is 4.61. The first kappa shape index (κ1) is 18.5. The highest BCUT2D eigenvalue weighted by molar-refractivity contribution is 5.91. The fourth-order valence-electron chi connectivity index (χ4n) is 3.12. The SMILES string of the molecule is CC(Nc1ncnc2[nH]c(-c3ccc(OCC(=O)O)cc3)cc12)c1ccccc1. The molecule has 7 heteroatoms. The van der Waals surface area contributed by atoms with E-state index in [-0.39, 0.29) is 12.6 Å². The molecule has 0 spiro atoms. The molecule has 0 radical (unpaired) electrons. The number of hydrogen-bond acceptors (Lipinski definition) is 5. The summed E-state index contributed by atoms with van der Waals surface area (Å²) in [5.41, 5.74) is 3.74. The predicted octanol–water partition coefficient (Wildman–Crippen LogP) is 4.26. The number of hydrogen-bond donors (Lipinski definition) is 3. The molecule has 1 atom stereocenters. The molecule has 3 N–H and O–H groups in total. The van der Waals surface area contributed by atoms with Gasteiger partial charge in [0.1, 0.15) is 23.5 Å². The molecule has 0 aliphatic carbocycles. The zero-order chi connectivity index (χ0) is 20.2. The van der Waals surface area contributed by atoms with Crippen LogP contribution in [0.15, 0.2) is 67.0 Å². The first-order valence-corrected chi connectivity index (χ1v) is 9.20. The second-order valence-corrected chi connectivity index (χ2v) is 6.65. The lowest BCUT2D eigenvalue weighted by molar-refractivity contribution is -0.139. The second-order valence-electron chi connectivity index (χ2n) is 6.65. The molecule has 0 saturated heterocycles. The van der Waals surface area contributed by atoms with E-state index in [1.165, 1.54) is 11.9 Å². The summed E-state index contributed by atoms with van der Waals surface area (Å²) < 4.78 is 5.18. The van der Waals surface area contributed by atoms with Gasteiger partial charge in [0.25, 0.3) is 0 Å². The van der Waals surface area contributed by atoms with Gasteiger partial charge < -0.3 is 20.1 Å². The van der Waals surface area contributed by atoms with Crippen molar-refractivity contribution in [3.63, 3.8) is 0 Å². The Morgan fingerprint density at radius 1 is 1.14 bits per heavy atom. The van der Waals surface area contributed by atoms with Crippen molar-refractivity contribution < 1.29 is 14.6 Å². The van der Waals surface area contributed by atoms with Crippen molar-refractivity contribution in [1.82, 2.24) is 15.0 Å². The number of benzene rings is 2. The Labute approximate surface area is 167 Å². The quantitative estimate of drug-likeness (QED) is 0.437. The molecule has 2 aromatic heterocycles. The van der Waals surface area contributed by atoms with Gasteiger partial charge >= 0.3 is 5.97 Å². The molecular weight excluding hydrogens is 368 g/mol. The van der Waals surface area contributed by atoms with Crippen LogP contribution >= 0.6 is 0 Å². The third-order valence-corrected chi connectivity index (χ3v) is 4.61. The minimum Gasteiger partial charge on any atom is -0.482 e. The number of nitrogens with one attached hydrogen (secondary N) is 2. The van der Waals surface area contributed by atoms with Gasteiger partial charge in [0, 0.05) is 11.7 Å². The van der Waals surface area contributed by atoms with Gasteiger partial charge in [-0.25, -0.2) is 14.8 Å². The van der Waals surface area contributed by atoms with E-state index in [4.69, 9.17) is 9.84 Å². The van der Waals surface area contributed by atoms with Gasteiger partial charge in [0.2, 0.25) is 0 Å². The first-order valence-electron chi connectivity index (χ1n) is 9.20. The Morgan fingerprint density at radius 3 is 2.62 bits per heavy atom. The van der Waals surface area contributed by atoms with E-state index in [0.717, 1.165) is 28.1 Å². The highest BCUT2D eigenvalue weighted by Crippen LogP contribution is 2.29. The van der Waals surface area contributed by atoms with E-state index in [9.17, 15) is 4.79 Å². The molecule has 2 aromatic carbocycles. The maximum atomic E-state index is 10.6. The van der Waals surface area contributed by atoms with E-state index in [1.807, 2.05) is 36.4 Å². The van der Waals surface area contributed by atoms with Crippen molar-refractivity contribution in [1.29, 1.82) is 0 Å². The average molecular weight is 388 g/mol. The van der Waals surface area contributed by atoms with Gasteiger partial charge in [0.15, 0.2) is 6.61 Å². The molecule has 0 saturated carbocycles. The highest BCUT2D eigenvalue weighted by atomic mass is 16.5. The molecule has 0 amide bonds. The highest BCUT2D eigenvalue weighted by Gasteiger charge is 2.12. The van der Waals surface area contributed by atoms with Crippen LogP contribution in [-0.2, 0) is 4.79 Å². The number of aromatic amines is 1. The Balaban J connectivity index is 1.58. The van der Waals surface area contributed by atoms with E-state index in [1.54, 1.807) is 12.1 Å². The van der Waals surface area contributed by atoms with Crippen LogP contribution < -0.4 is 10.1 Å². The van der Waals surface area contributed by atoms with Gasteiger partial charge in [-0.05, 0) is 48.4 Å². The lowest BCUT2D eigenvalue weighted by atomic mass is 10.1. The minimum absolute atomic E-state index is 0.0957. The molecule has 0 bridgehead atoms. The number of carboxylic acid groups (broad SMARTS) is 1. The number of fused-ring (bicyclic) bond motifs is 1. The molecule has 0 fully saturated rings. The number of carboxylic acids is 1. The Kier molecular flexibility index (Phi) is 5.11. The van der Waals surface area contributed by atoms with Crippen LogP contribution in [0.25, 0.3) is 22.3 Å². The largest absolute Gasteiger partial charge is 0.482 e. The van der Waals surface area contributed by atoms with Crippen molar-refractivity contribution in [3.05, 3.63) is 72.6 Å². The summed E-state index contributed by atoms with van der Waals surface area (Å²) in [6.07, 6.45) is 1.53. The second kappa shape index (κ2) is 8.02. The average Bonchev–Trinajstić information content (AvgIpc) is 3.18. The fourth-order valence-corrected chi connectivity index (χ4v) is 3.12. The fraction of sp³-hybridized carbons (Fsp3) is 0.136. The number of anilines is 1. The summed E-state index contributed by atoms with van der Waals surface area (Å²) in [4.78, 5) is 22.7. The molecular formula is C22H20N4O3. The zero-order valence-corrected chi connectivity index (χ0v) is 15.8. The van der Waals surface area contributed by atoms with Crippen molar-refractivity contribution in [2.75, 3.05) is 11.9 Å². The van der Waals surface area contributed by atoms with Gasteiger partial charge in [-0.15, -0.1) is 0 Å². The molecule has 1 unspecified atom stereocenters. The first-order chi connectivity index (χ1) is 14.1.